The molecule has 0 bridgehead atoms. The normalized spacial score (nSPS) is 34.6. The second-order valence-corrected chi connectivity index (χ2v) is 17.1. The number of benzene rings is 1. The second kappa shape index (κ2) is 14.4. The zero-order valence-electron chi connectivity index (χ0n) is 31.9. The van der Waals surface area contributed by atoms with E-state index in [4.69, 9.17) is 9.15 Å². The monoisotopic (exact) mass is 738 g/mol. The maximum atomic E-state index is 13.5. The SMILES string of the molecule is CCN(CC)c1ccc2cc(NC(=O)OCC(C)CC[C@@H](O)[C@](C)(O)C3CC[C@@]4(O)C5=CC(=O)[C@@H]6C[C@@H](O)[C@@H](O)C[C@]6(C)C5CC[C@]34C)c(=O)oc2c1. The highest BCUT2D eigenvalue weighted by atomic mass is 16.5. The number of aliphatic hydroxyl groups is 5. The summed E-state index contributed by atoms with van der Waals surface area (Å²) < 4.78 is 10.9. The second-order valence-electron chi connectivity index (χ2n) is 17.1. The molecule has 1 aromatic heterocycles. The van der Waals surface area contributed by atoms with Crippen LogP contribution in [0, 0.1) is 34.5 Å². The molecule has 11 atom stereocenters. The highest BCUT2D eigenvalue weighted by molar-refractivity contribution is 5.95. The molecular weight excluding hydrogens is 680 g/mol. The van der Waals surface area contributed by atoms with Crippen molar-refractivity contribution in [3.8, 4) is 0 Å². The zero-order valence-corrected chi connectivity index (χ0v) is 31.9. The van der Waals surface area contributed by atoms with Crippen molar-refractivity contribution >= 4 is 34.2 Å². The van der Waals surface area contributed by atoms with Crippen LogP contribution in [0.25, 0.3) is 11.0 Å². The molecule has 12 nitrogen and oxygen atoms in total. The number of rotatable bonds is 11. The highest BCUT2D eigenvalue weighted by Gasteiger charge is 2.69. The topological polar surface area (TPSA) is 190 Å². The van der Waals surface area contributed by atoms with Gasteiger partial charge in [0, 0.05) is 41.6 Å². The van der Waals surface area contributed by atoms with E-state index in [-0.39, 0.29) is 49.2 Å². The van der Waals surface area contributed by atoms with Crippen LogP contribution in [0.1, 0.15) is 92.9 Å². The van der Waals surface area contributed by atoms with Gasteiger partial charge in [0.05, 0.1) is 36.1 Å². The minimum absolute atomic E-state index is 0.0167. The quantitative estimate of drug-likeness (QED) is 0.172. The summed E-state index contributed by atoms with van der Waals surface area (Å²) in [6.45, 7) is 13.2. The minimum Gasteiger partial charge on any atom is -0.449 e. The van der Waals surface area contributed by atoms with Crippen LogP contribution in [-0.2, 0) is 9.53 Å². The van der Waals surface area contributed by atoms with Gasteiger partial charge in [0.25, 0.3) is 0 Å². The average Bonchev–Trinajstić information content (AvgIpc) is 3.40. The molecule has 3 unspecified atom stereocenters. The van der Waals surface area contributed by atoms with E-state index in [2.05, 4.69) is 10.2 Å². The van der Waals surface area contributed by atoms with Gasteiger partial charge < -0.3 is 39.6 Å². The zero-order chi connectivity index (χ0) is 38.7. The number of carbonyl (C=O) groups is 2. The van der Waals surface area contributed by atoms with E-state index in [1.54, 1.807) is 25.1 Å². The van der Waals surface area contributed by atoms with E-state index in [1.807, 2.05) is 46.8 Å². The molecule has 0 spiro atoms. The lowest BCUT2D eigenvalue weighted by Gasteiger charge is -2.60. The molecule has 2 aromatic rings. The maximum Gasteiger partial charge on any atom is 0.411 e. The smallest absolute Gasteiger partial charge is 0.411 e. The Kier molecular flexibility index (Phi) is 10.7. The number of carbonyl (C=O) groups excluding carboxylic acids is 2. The van der Waals surface area contributed by atoms with Crippen molar-refractivity contribution in [3.63, 3.8) is 0 Å². The molecule has 1 aromatic carbocycles. The van der Waals surface area contributed by atoms with Gasteiger partial charge in [-0.15, -0.1) is 0 Å². The van der Waals surface area contributed by atoms with Crippen LogP contribution in [0.15, 0.2) is 45.1 Å². The lowest BCUT2D eigenvalue weighted by Crippen LogP contribution is -2.62. The molecule has 53 heavy (non-hydrogen) atoms. The molecule has 3 saturated carbocycles. The Morgan fingerprint density at radius 3 is 2.49 bits per heavy atom. The number of hydrogen-bond acceptors (Lipinski definition) is 11. The Morgan fingerprint density at radius 1 is 1.08 bits per heavy atom. The maximum absolute atomic E-state index is 13.5. The number of fused-ring (bicyclic) bond motifs is 6. The van der Waals surface area contributed by atoms with Crippen molar-refractivity contribution in [2.45, 2.75) is 122 Å². The summed E-state index contributed by atoms with van der Waals surface area (Å²) in [4.78, 5) is 40.9. The highest BCUT2D eigenvalue weighted by Crippen LogP contribution is 2.68. The predicted molar refractivity (Wildman–Crippen MR) is 200 cm³/mol. The summed E-state index contributed by atoms with van der Waals surface area (Å²) >= 11 is 0. The molecule has 1 amide bonds. The summed E-state index contributed by atoms with van der Waals surface area (Å²) in [5, 5.41) is 60.0. The molecule has 3 fully saturated rings. The lowest BCUT2D eigenvalue weighted by atomic mass is 9.45. The van der Waals surface area contributed by atoms with E-state index in [9.17, 15) is 39.9 Å². The molecule has 1 heterocycles. The van der Waals surface area contributed by atoms with Gasteiger partial charge in [0.1, 0.15) is 11.3 Å². The molecule has 292 valence electrons. The third kappa shape index (κ3) is 6.73. The number of ether oxygens (including phenoxy) is 1. The molecule has 4 aliphatic rings. The number of amides is 1. The van der Waals surface area contributed by atoms with Crippen molar-refractivity contribution in [3.05, 3.63) is 46.3 Å². The Labute approximate surface area is 311 Å². The summed E-state index contributed by atoms with van der Waals surface area (Å²) in [6.07, 6.45) is 0.907. The number of hydrogen-bond donors (Lipinski definition) is 6. The van der Waals surface area contributed by atoms with Crippen LogP contribution in [0.4, 0.5) is 16.2 Å². The summed E-state index contributed by atoms with van der Waals surface area (Å²) in [6, 6.07) is 7.13. The number of aliphatic hydroxyl groups excluding tert-OH is 3. The largest absolute Gasteiger partial charge is 0.449 e. The van der Waals surface area contributed by atoms with E-state index >= 15 is 0 Å². The number of allylic oxidation sites excluding steroid dienone is 1. The number of ketones is 1. The molecular formula is C41H58N2O10. The number of anilines is 2. The number of nitrogens with one attached hydrogen (secondary N) is 1. The van der Waals surface area contributed by atoms with Gasteiger partial charge in [-0.2, -0.15) is 0 Å². The third-order valence-corrected chi connectivity index (χ3v) is 14.0. The van der Waals surface area contributed by atoms with E-state index < -0.39 is 63.9 Å². The van der Waals surface area contributed by atoms with Crippen molar-refractivity contribution in [1.29, 1.82) is 0 Å². The van der Waals surface area contributed by atoms with Crippen molar-refractivity contribution in [2.24, 2.45) is 34.5 Å². The summed E-state index contributed by atoms with van der Waals surface area (Å²) in [7, 11) is 0. The van der Waals surface area contributed by atoms with E-state index in [1.165, 1.54) is 0 Å². The molecule has 6 N–H and O–H groups in total. The molecule has 12 heteroatoms. The summed E-state index contributed by atoms with van der Waals surface area (Å²) in [5.74, 6) is -1.34. The Morgan fingerprint density at radius 2 is 1.79 bits per heavy atom. The fourth-order valence-electron chi connectivity index (χ4n) is 10.7. The van der Waals surface area contributed by atoms with Crippen molar-refractivity contribution in [1.82, 2.24) is 0 Å². The van der Waals surface area contributed by atoms with Gasteiger partial charge in [-0.25, -0.2) is 9.59 Å². The van der Waals surface area contributed by atoms with E-state index in [0.717, 1.165) is 18.8 Å². The first-order valence-electron chi connectivity index (χ1n) is 19.4. The molecule has 6 rings (SSSR count). The Hall–Kier alpha value is -3.29. The van der Waals surface area contributed by atoms with Crippen LogP contribution in [0.2, 0.25) is 0 Å². The van der Waals surface area contributed by atoms with Gasteiger partial charge in [-0.05, 0) is 125 Å². The van der Waals surface area contributed by atoms with Crippen LogP contribution < -0.4 is 15.8 Å². The first kappa shape index (κ1) is 39.4. The van der Waals surface area contributed by atoms with Gasteiger partial charge in [0.2, 0.25) is 0 Å². The standard InChI is InChI=1S/C41H58N2O10/c1-7-43(8-2)25-11-10-24-17-29(36(48)53-33(24)18-25)42-37(49)52-22-23(3)9-12-35(47)40(6,50)34-14-16-41(51)27-19-30(44)28-20-31(45)32(46)21-38(28,4)26(27)13-15-39(34,41)5/h10-11,17-19,23,26,28,31-32,34-35,45-47,50-51H,7-9,12-16,20-22H2,1-6H3,(H,42,49)/t23?,26?,28-,31+,32-,34?,35+,38+,39+,40+,41+/m0/s1. The first-order chi connectivity index (χ1) is 24.9. The third-order valence-electron chi connectivity index (χ3n) is 14.0. The van der Waals surface area contributed by atoms with Gasteiger partial charge >= 0.3 is 11.7 Å². The van der Waals surface area contributed by atoms with Gasteiger partial charge in [-0.1, -0.05) is 20.8 Å². The first-order valence-corrected chi connectivity index (χ1v) is 19.4. The van der Waals surface area contributed by atoms with Gasteiger partial charge in [0.15, 0.2) is 5.78 Å². The van der Waals surface area contributed by atoms with Crippen molar-refractivity contribution < 1.29 is 44.3 Å². The van der Waals surface area contributed by atoms with Crippen LogP contribution in [-0.4, -0.2) is 86.6 Å². The molecule has 0 radical (unpaired) electrons. The fraction of sp³-hybridized carbons (Fsp3) is 0.683. The van der Waals surface area contributed by atoms with Crippen LogP contribution >= 0.6 is 0 Å². The molecule has 0 aliphatic heterocycles. The van der Waals surface area contributed by atoms with Crippen LogP contribution in [0.5, 0.6) is 0 Å². The fourth-order valence-corrected chi connectivity index (χ4v) is 10.7. The van der Waals surface area contributed by atoms with Gasteiger partial charge in [-0.3, -0.25) is 10.1 Å². The van der Waals surface area contributed by atoms with E-state index in [0.29, 0.717) is 48.6 Å². The van der Waals surface area contributed by atoms with Crippen LogP contribution in [0.3, 0.4) is 0 Å². The van der Waals surface area contributed by atoms with Crippen molar-refractivity contribution in [2.75, 3.05) is 29.9 Å². The Bertz CT molecular complexity index is 1800. The molecule has 0 saturated heterocycles. The lowest BCUT2D eigenvalue weighted by molar-refractivity contribution is -0.176. The minimum atomic E-state index is -1.56. The number of nitrogens with zero attached hydrogens (tertiary/aromatic N) is 1. The predicted octanol–water partition coefficient (Wildman–Crippen LogP) is 4.92. The summed E-state index contributed by atoms with van der Waals surface area (Å²) in [5.41, 5.74) is -3.03. The average molecular weight is 739 g/mol. The molecule has 4 aliphatic carbocycles. The Balaban J connectivity index is 1.05.